The molecule has 0 atom stereocenters. The summed E-state index contributed by atoms with van der Waals surface area (Å²) < 4.78 is 0.596. The Hall–Kier alpha value is -0.190. The maximum absolute atomic E-state index is 6.89. The van der Waals surface area contributed by atoms with Crippen molar-refractivity contribution >= 4 is 44.1 Å². The fourth-order valence-corrected chi connectivity index (χ4v) is 7.93. The average Bonchev–Trinajstić information content (AvgIpc) is 2.49. The van der Waals surface area contributed by atoms with Gasteiger partial charge in [0.25, 0.3) is 0 Å². The van der Waals surface area contributed by atoms with Gasteiger partial charge in [-0.2, -0.15) is 0 Å². The zero-order chi connectivity index (χ0) is 14.1. The van der Waals surface area contributed by atoms with Gasteiger partial charge in [0.05, 0.1) is 0 Å². The molecule has 1 aliphatic heterocycles. The molecule has 0 aliphatic carbocycles. The quantitative estimate of drug-likeness (QED) is 0.474. The van der Waals surface area contributed by atoms with Crippen molar-refractivity contribution in [3.63, 3.8) is 0 Å². The van der Waals surface area contributed by atoms with E-state index in [1.165, 1.54) is 22.0 Å². The zero-order valence-electron chi connectivity index (χ0n) is 11.1. The van der Waals surface area contributed by atoms with Crippen LogP contribution in [0.2, 0.25) is 4.47 Å². The Balaban J connectivity index is 2.23. The van der Waals surface area contributed by atoms with Crippen molar-refractivity contribution in [2.45, 2.75) is 25.1 Å². The number of alkyl halides is 2. The molecular formula is C17H16Cl2Te. The van der Waals surface area contributed by atoms with E-state index in [9.17, 15) is 0 Å². The van der Waals surface area contributed by atoms with Crippen LogP contribution in [0.4, 0.5) is 0 Å². The van der Waals surface area contributed by atoms with E-state index in [0.29, 0.717) is 0 Å². The molecule has 1 saturated heterocycles. The Labute approximate surface area is 140 Å². The fourth-order valence-electron chi connectivity index (χ4n) is 3.04. The van der Waals surface area contributed by atoms with Crippen molar-refractivity contribution in [1.82, 2.24) is 0 Å². The van der Waals surface area contributed by atoms with Gasteiger partial charge >= 0.3 is 141 Å². The van der Waals surface area contributed by atoms with Crippen LogP contribution in [0.1, 0.15) is 24.0 Å². The molecule has 3 heteroatoms. The van der Waals surface area contributed by atoms with Crippen molar-refractivity contribution in [2.75, 3.05) is 0 Å². The summed E-state index contributed by atoms with van der Waals surface area (Å²) in [7, 11) is 0. The van der Waals surface area contributed by atoms with Crippen LogP contribution in [0.25, 0.3) is 0 Å². The van der Waals surface area contributed by atoms with Crippen molar-refractivity contribution in [3.05, 3.63) is 71.8 Å². The van der Waals surface area contributed by atoms with Gasteiger partial charge in [0.15, 0.2) is 0 Å². The van der Waals surface area contributed by atoms with E-state index in [1.54, 1.807) is 0 Å². The minimum atomic E-state index is -0.626. The summed E-state index contributed by atoms with van der Waals surface area (Å²) in [5.41, 5.74) is 2.25. The molecule has 1 fully saturated rings. The molecule has 20 heavy (non-hydrogen) atoms. The molecule has 0 bridgehead atoms. The van der Waals surface area contributed by atoms with Crippen LogP contribution < -0.4 is 0 Å². The molecule has 0 saturated carbocycles. The summed E-state index contributed by atoms with van der Waals surface area (Å²) in [4.78, 5) is 0. The van der Waals surface area contributed by atoms with Crippen LogP contribution >= 0.6 is 23.2 Å². The van der Waals surface area contributed by atoms with E-state index in [-0.39, 0.29) is 5.41 Å². The Morgan fingerprint density at radius 2 is 1.30 bits per heavy atom. The Bertz CT molecular complexity index is 527. The van der Waals surface area contributed by atoms with Crippen LogP contribution in [0.5, 0.6) is 0 Å². The molecule has 0 aromatic heterocycles. The third kappa shape index (κ3) is 2.40. The van der Waals surface area contributed by atoms with E-state index >= 15 is 0 Å². The first-order valence-electron chi connectivity index (χ1n) is 6.80. The number of benzene rings is 2. The Morgan fingerprint density at radius 3 is 1.75 bits per heavy atom. The van der Waals surface area contributed by atoms with Gasteiger partial charge in [-0.3, -0.25) is 0 Å². The third-order valence-electron chi connectivity index (χ3n) is 4.01. The molecule has 2 aromatic rings. The second kappa shape index (κ2) is 5.90. The van der Waals surface area contributed by atoms with E-state index in [2.05, 4.69) is 48.5 Å². The van der Waals surface area contributed by atoms with Gasteiger partial charge in [-0.05, 0) is 0 Å². The van der Waals surface area contributed by atoms with Crippen LogP contribution in [-0.4, -0.2) is 23.3 Å². The molecule has 2 aromatic carbocycles. The summed E-state index contributed by atoms with van der Waals surface area (Å²) in [6.45, 7) is 0. The predicted octanol–water partition coefficient (Wildman–Crippen LogP) is 5.02. The molecule has 0 N–H and O–H groups in total. The summed E-state index contributed by atoms with van der Waals surface area (Å²) in [6, 6.07) is 21.1. The number of halogens is 2. The van der Waals surface area contributed by atoms with Crippen LogP contribution in [0.3, 0.4) is 0 Å². The number of hydrogen-bond donors (Lipinski definition) is 0. The van der Waals surface area contributed by atoms with Crippen LogP contribution in [0.15, 0.2) is 60.7 Å². The molecule has 1 aliphatic rings. The summed E-state index contributed by atoms with van der Waals surface area (Å²) in [5.74, 6) is 0. The van der Waals surface area contributed by atoms with Crippen molar-refractivity contribution in [1.29, 1.82) is 0 Å². The van der Waals surface area contributed by atoms with Crippen molar-refractivity contribution in [3.8, 4) is 0 Å². The molecule has 104 valence electrons. The summed E-state index contributed by atoms with van der Waals surface area (Å²) >= 11 is 13.3. The van der Waals surface area contributed by atoms with E-state index < -0.39 is 23.3 Å². The van der Waals surface area contributed by atoms with Gasteiger partial charge in [0.1, 0.15) is 0 Å². The standard InChI is InChI=1S/C17H16Cl2Te/c18-17(19)16(12-7-13-20-17,14-8-3-1-4-9-14)15-10-5-2-6-11-15/h1-6,8-11H,7,12-13H2. The first-order chi connectivity index (χ1) is 9.67. The molecular weight excluding hydrogens is 403 g/mol. The number of rotatable bonds is 2. The molecule has 0 spiro atoms. The average molecular weight is 419 g/mol. The van der Waals surface area contributed by atoms with Crippen molar-refractivity contribution in [2.24, 2.45) is 0 Å². The first kappa shape index (κ1) is 14.7. The van der Waals surface area contributed by atoms with Gasteiger partial charge in [0, 0.05) is 0 Å². The van der Waals surface area contributed by atoms with Gasteiger partial charge < -0.3 is 0 Å². The first-order valence-corrected chi connectivity index (χ1v) is 10.4. The minimum absolute atomic E-state index is 0.251. The zero-order valence-corrected chi connectivity index (χ0v) is 14.9. The predicted molar refractivity (Wildman–Crippen MR) is 87.9 cm³/mol. The monoisotopic (exact) mass is 420 g/mol. The normalized spacial score (nSPS) is 20.5. The van der Waals surface area contributed by atoms with E-state index in [4.69, 9.17) is 23.2 Å². The SMILES string of the molecule is ClC1(Cl)[Te]CCCC1(c1ccccc1)c1ccccc1. The number of hydrogen-bond acceptors (Lipinski definition) is 0. The third-order valence-corrected chi connectivity index (χ3v) is 9.55. The Kier molecular flexibility index (Phi) is 4.34. The fraction of sp³-hybridized carbons (Fsp3) is 0.294. The molecule has 1 heterocycles. The molecule has 0 radical (unpaired) electrons. The summed E-state index contributed by atoms with van der Waals surface area (Å²) in [5, 5.41) is 0. The maximum atomic E-state index is 6.89. The molecule has 0 nitrogen and oxygen atoms in total. The van der Waals surface area contributed by atoms with Gasteiger partial charge in [0.2, 0.25) is 0 Å². The molecule has 3 rings (SSSR count). The topological polar surface area (TPSA) is 0 Å². The second-order valence-electron chi connectivity index (χ2n) is 5.11. The van der Waals surface area contributed by atoms with Crippen LogP contribution in [-0.2, 0) is 5.41 Å². The van der Waals surface area contributed by atoms with E-state index in [1.807, 2.05) is 12.1 Å². The van der Waals surface area contributed by atoms with Gasteiger partial charge in [-0.25, -0.2) is 0 Å². The van der Waals surface area contributed by atoms with E-state index in [0.717, 1.165) is 6.42 Å². The Morgan fingerprint density at radius 1 is 0.800 bits per heavy atom. The molecule has 0 amide bonds. The second-order valence-corrected chi connectivity index (χ2v) is 11.6. The summed E-state index contributed by atoms with van der Waals surface area (Å²) in [6.07, 6.45) is 2.24. The van der Waals surface area contributed by atoms with Gasteiger partial charge in [-0.15, -0.1) is 0 Å². The van der Waals surface area contributed by atoms with Crippen molar-refractivity contribution < 1.29 is 0 Å². The van der Waals surface area contributed by atoms with Crippen LogP contribution in [0, 0.1) is 0 Å². The molecule has 0 unspecified atom stereocenters. The van der Waals surface area contributed by atoms with Gasteiger partial charge in [-0.1, -0.05) is 0 Å².